The van der Waals surface area contributed by atoms with Gasteiger partial charge >= 0.3 is 5.97 Å². The maximum atomic E-state index is 13.1. The van der Waals surface area contributed by atoms with Crippen LogP contribution in [0.4, 0.5) is 5.69 Å². The lowest BCUT2D eigenvalue weighted by molar-refractivity contribution is -0.185. The molecule has 3 aromatic rings. The zero-order valence-corrected chi connectivity index (χ0v) is 20.1. The van der Waals surface area contributed by atoms with Crippen LogP contribution in [0.3, 0.4) is 0 Å². The molecule has 0 saturated heterocycles. The van der Waals surface area contributed by atoms with Crippen LogP contribution < -0.4 is 4.90 Å². The predicted octanol–water partition coefficient (Wildman–Crippen LogP) is 5.93. The fourth-order valence-electron chi connectivity index (χ4n) is 4.10. The van der Waals surface area contributed by atoms with Crippen LogP contribution in [0.1, 0.15) is 42.0 Å². The van der Waals surface area contributed by atoms with Gasteiger partial charge in [-0.2, -0.15) is 0 Å². The first kappa shape index (κ1) is 23.1. The number of ether oxygens (including phenoxy) is 1. The van der Waals surface area contributed by atoms with E-state index in [2.05, 4.69) is 26.0 Å². The Hall–Kier alpha value is -3.08. The van der Waals surface area contributed by atoms with E-state index in [1.807, 2.05) is 55.4 Å². The first-order valence-electron chi connectivity index (χ1n) is 11.0. The number of aliphatic hydroxyl groups is 1. The zero-order chi connectivity index (χ0) is 23.8. The van der Waals surface area contributed by atoms with Crippen LogP contribution >= 0.6 is 11.6 Å². The van der Waals surface area contributed by atoms with Crippen LogP contribution in [0.2, 0.25) is 5.02 Å². The second-order valence-corrected chi connectivity index (χ2v) is 9.34. The summed E-state index contributed by atoms with van der Waals surface area (Å²) < 4.78 is 5.66. The molecule has 3 aromatic carbocycles. The molecule has 0 aromatic heterocycles. The molecule has 0 amide bonds. The van der Waals surface area contributed by atoms with Gasteiger partial charge in [-0.05, 0) is 46.9 Å². The van der Waals surface area contributed by atoms with Crippen molar-refractivity contribution in [3.63, 3.8) is 0 Å². The van der Waals surface area contributed by atoms with E-state index in [-0.39, 0.29) is 0 Å². The first-order valence-corrected chi connectivity index (χ1v) is 11.4. The lowest BCUT2D eigenvalue weighted by Crippen LogP contribution is -2.29. The van der Waals surface area contributed by atoms with Crippen molar-refractivity contribution in [3.05, 3.63) is 106 Å². The van der Waals surface area contributed by atoms with Crippen molar-refractivity contribution >= 4 is 28.8 Å². The third kappa shape index (κ3) is 4.54. The normalized spacial score (nSPS) is 18.1. The van der Waals surface area contributed by atoms with E-state index in [9.17, 15) is 9.90 Å². The van der Waals surface area contributed by atoms with Gasteiger partial charge in [-0.3, -0.25) is 0 Å². The molecule has 1 N–H and O–H groups in total. The molecule has 5 heteroatoms. The second-order valence-electron chi connectivity index (χ2n) is 8.91. The summed E-state index contributed by atoms with van der Waals surface area (Å²) in [6, 6.07) is 22.7. The van der Waals surface area contributed by atoms with Gasteiger partial charge in [-0.25, -0.2) is 4.79 Å². The highest BCUT2D eigenvalue weighted by molar-refractivity contribution is 6.30. The van der Waals surface area contributed by atoms with E-state index in [0.29, 0.717) is 39.6 Å². The van der Waals surface area contributed by atoms with Gasteiger partial charge in [0.1, 0.15) is 0 Å². The van der Waals surface area contributed by atoms with E-state index >= 15 is 0 Å². The fraction of sp³-hybridized carbons (Fsp3) is 0.250. The summed E-state index contributed by atoms with van der Waals surface area (Å²) in [6.45, 7) is 4.30. The molecule has 1 atom stereocenters. The SMILES string of the molecule is CC(C)c1ccc(CC2=C(c3ccc(N(C)C)cc3)C(=O)OC2(O)c2ccc(Cl)cc2)cc1. The summed E-state index contributed by atoms with van der Waals surface area (Å²) in [6.07, 6.45) is 0.369. The number of hydrogen-bond acceptors (Lipinski definition) is 4. The molecule has 0 bridgehead atoms. The van der Waals surface area contributed by atoms with Crippen molar-refractivity contribution in [1.29, 1.82) is 0 Å². The monoisotopic (exact) mass is 461 g/mol. The number of carbonyl (C=O) groups is 1. The summed E-state index contributed by atoms with van der Waals surface area (Å²) >= 11 is 6.06. The summed E-state index contributed by atoms with van der Waals surface area (Å²) in [5, 5.41) is 12.3. The Morgan fingerprint density at radius 2 is 1.55 bits per heavy atom. The average molecular weight is 462 g/mol. The number of halogens is 1. The van der Waals surface area contributed by atoms with Gasteiger partial charge in [-0.15, -0.1) is 0 Å². The molecule has 1 heterocycles. The molecule has 170 valence electrons. The number of benzene rings is 3. The van der Waals surface area contributed by atoms with E-state index in [4.69, 9.17) is 16.3 Å². The quantitative estimate of drug-likeness (QED) is 0.462. The van der Waals surface area contributed by atoms with E-state index < -0.39 is 11.8 Å². The Morgan fingerprint density at radius 3 is 2.09 bits per heavy atom. The van der Waals surface area contributed by atoms with E-state index in [0.717, 1.165) is 11.3 Å². The lowest BCUT2D eigenvalue weighted by Gasteiger charge is -2.26. The third-order valence-corrected chi connectivity index (χ3v) is 6.34. The van der Waals surface area contributed by atoms with Gasteiger partial charge in [0.05, 0.1) is 5.57 Å². The molecule has 1 unspecified atom stereocenters. The van der Waals surface area contributed by atoms with Crippen molar-refractivity contribution in [2.24, 2.45) is 0 Å². The molecule has 0 fully saturated rings. The number of esters is 1. The van der Waals surface area contributed by atoms with E-state index in [1.54, 1.807) is 24.3 Å². The molecule has 4 nitrogen and oxygen atoms in total. The maximum Gasteiger partial charge on any atom is 0.341 e. The maximum absolute atomic E-state index is 13.1. The van der Waals surface area contributed by atoms with Gasteiger partial charge in [0.15, 0.2) is 0 Å². The Morgan fingerprint density at radius 1 is 0.939 bits per heavy atom. The van der Waals surface area contributed by atoms with Crippen molar-refractivity contribution in [2.75, 3.05) is 19.0 Å². The predicted molar refractivity (Wildman–Crippen MR) is 133 cm³/mol. The fourth-order valence-corrected chi connectivity index (χ4v) is 4.23. The molecule has 0 spiro atoms. The molecular weight excluding hydrogens is 434 g/mol. The highest BCUT2D eigenvalue weighted by atomic mass is 35.5. The highest BCUT2D eigenvalue weighted by Gasteiger charge is 2.48. The van der Waals surface area contributed by atoms with Gasteiger partial charge in [-0.1, -0.05) is 74.0 Å². The average Bonchev–Trinajstić information content (AvgIpc) is 3.04. The highest BCUT2D eigenvalue weighted by Crippen LogP contribution is 2.45. The topological polar surface area (TPSA) is 49.8 Å². The largest absolute Gasteiger partial charge is 0.421 e. The smallest absolute Gasteiger partial charge is 0.341 e. The van der Waals surface area contributed by atoms with Crippen LogP contribution in [0.25, 0.3) is 5.57 Å². The number of anilines is 1. The van der Waals surface area contributed by atoms with Gasteiger partial charge in [0, 0.05) is 42.4 Å². The summed E-state index contributed by atoms with van der Waals surface area (Å²) in [5.74, 6) is -1.99. The Labute approximate surface area is 200 Å². The van der Waals surface area contributed by atoms with Crippen molar-refractivity contribution < 1.29 is 14.6 Å². The Bertz CT molecular complexity index is 1180. The van der Waals surface area contributed by atoms with Crippen LogP contribution in [-0.2, 0) is 21.7 Å². The minimum Gasteiger partial charge on any atom is -0.421 e. The molecule has 1 aliphatic heterocycles. The molecular formula is C28H28ClNO3. The molecule has 0 radical (unpaired) electrons. The lowest BCUT2D eigenvalue weighted by atomic mass is 9.87. The Kier molecular flexibility index (Phi) is 6.33. The molecule has 4 rings (SSSR count). The van der Waals surface area contributed by atoms with Crippen LogP contribution in [0.15, 0.2) is 78.4 Å². The summed E-state index contributed by atoms with van der Waals surface area (Å²) in [4.78, 5) is 15.1. The van der Waals surface area contributed by atoms with Gasteiger partial charge in [0.25, 0.3) is 5.79 Å². The van der Waals surface area contributed by atoms with Crippen molar-refractivity contribution in [1.82, 2.24) is 0 Å². The number of cyclic esters (lactones) is 1. The third-order valence-electron chi connectivity index (χ3n) is 6.09. The zero-order valence-electron chi connectivity index (χ0n) is 19.3. The molecule has 0 saturated carbocycles. The minimum atomic E-state index is -1.87. The molecule has 1 aliphatic rings. The van der Waals surface area contributed by atoms with Gasteiger partial charge < -0.3 is 14.7 Å². The van der Waals surface area contributed by atoms with Crippen LogP contribution in [0, 0.1) is 0 Å². The van der Waals surface area contributed by atoms with Crippen LogP contribution in [0.5, 0.6) is 0 Å². The first-order chi connectivity index (χ1) is 15.7. The standard InChI is InChI=1S/C28H28ClNO3/c1-18(2)20-7-5-19(6-8-20)17-25-26(21-9-15-24(16-10-21)30(3)4)27(31)33-28(25,32)22-11-13-23(29)14-12-22/h5-16,18,32H,17H2,1-4H3. The number of rotatable bonds is 6. The summed E-state index contributed by atoms with van der Waals surface area (Å²) in [7, 11) is 3.92. The number of hydrogen-bond donors (Lipinski definition) is 1. The minimum absolute atomic E-state index is 0.369. The Balaban J connectivity index is 1.84. The number of nitrogens with zero attached hydrogens (tertiary/aromatic N) is 1. The van der Waals surface area contributed by atoms with Crippen LogP contribution in [-0.4, -0.2) is 25.2 Å². The second kappa shape index (κ2) is 9.05. The van der Waals surface area contributed by atoms with Gasteiger partial charge in [0.2, 0.25) is 0 Å². The molecule has 33 heavy (non-hydrogen) atoms. The van der Waals surface area contributed by atoms with Crippen molar-refractivity contribution in [2.45, 2.75) is 32.0 Å². The van der Waals surface area contributed by atoms with E-state index in [1.165, 1.54) is 5.56 Å². The van der Waals surface area contributed by atoms with Crippen molar-refractivity contribution in [3.8, 4) is 0 Å². The number of carbonyl (C=O) groups excluding carboxylic acids is 1. The summed E-state index contributed by atoms with van der Waals surface area (Å²) in [5.41, 5.74) is 5.33. The molecule has 0 aliphatic carbocycles.